The van der Waals surface area contributed by atoms with Gasteiger partial charge in [0, 0.05) is 13.2 Å². The molecule has 0 unspecified atom stereocenters. The van der Waals surface area contributed by atoms with E-state index in [-0.39, 0.29) is 5.60 Å². The molecule has 0 spiro atoms. The van der Waals surface area contributed by atoms with E-state index in [0.717, 1.165) is 31.7 Å². The van der Waals surface area contributed by atoms with Crippen LogP contribution in [0.5, 0.6) is 5.75 Å². The maximum atomic E-state index is 5.98. The van der Waals surface area contributed by atoms with Gasteiger partial charge in [-0.3, -0.25) is 0 Å². The monoisotopic (exact) mass is 615 g/mol. The van der Waals surface area contributed by atoms with Gasteiger partial charge in [0.25, 0.3) is 0 Å². The molecule has 0 heterocycles. The summed E-state index contributed by atoms with van der Waals surface area (Å²) in [5.74, 6) is 0.904. The van der Waals surface area contributed by atoms with E-state index in [1.807, 2.05) is 12.5 Å². The van der Waals surface area contributed by atoms with Crippen LogP contribution in [0.25, 0.3) is 11.1 Å². The molecule has 0 radical (unpaired) electrons. The molecule has 0 amide bonds. The first-order valence-electron chi connectivity index (χ1n) is 16.2. The van der Waals surface area contributed by atoms with Crippen molar-refractivity contribution in [3.8, 4) is 5.75 Å². The molecule has 3 rings (SSSR count). The fourth-order valence-electron chi connectivity index (χ4n) is 4.74. The third-order valence-corrected chi connectivity index (χ3v) is 6.95. The molecule has 0 saturated carbocycles. The molecule has 3 aromatic carbocycles. The van der Waals surface area contributed by atoms with Crippen molar-refractivity contribution in [3.63, 3.8) is 0 Å². The van der Waals surface area contributed by atoms with Crippen molar-refractivity contribution in [2.75, 3.05) is 46.4 Å². The van der Waals surface area contributed by atoms with Gasteiger partial charge in [-0.2, -0.15) is 11.8 Å². The van der Waals surface area contributed by atoms with E-state index in [0.29, 0.717) is 6.61 Å². The van der Waals surface area contributed by atoms with E-state index in [4.69, 9.17) is 9.47 Å². The van der Waals surface area contributed by atoms with Gasteiger partial charge in [-0.25, -0.2) is 0 Å². The lowest BCUT2D eigenvalue weighted by Gasteiger charge is -2.19. The Labute approximate surface area is 273 Å². The molecule has 0 aliphatic rings. The Morgan fingerprint density at radius 2 is 1.20 bits per heavy atom. The molecular weight excluding hydrogens is 559 g/mol. The van der Waals surface area contributed by atoms with Gasteiger partial charge in [0.1, 0.15) is 12.4 Å². The molecule has 3 nitrogen and oxygen atoms in total. The minimum absolute atomic E-state index is 0.0244. The van der Waals surface area contributed by atoms with Crippen LogP contribution in [-0.4, -0.2) is 56.9 Å². The molecule has 0 saturated heterocycles. The van der Waals surface area contributed by atoms with Gasteiger partial charge in [-0.15, -0.1) is 0 Å². The van der Waals surface area contributed by atoms with Crippen LogP contribution in [0.3, 0.4) is 0 Å². The van der Waals surface area contributed by atoms with Gasteiger partial charge in [0.15, 0.2) is 0 Å². The Kier molecular flexibility index (Phi) is 18.6. The first kappa shape index (κ1) is 37.4. The van der Waals surface area contributed by atoms with E-state index in [1.165, 1.54) is 59.9 Å². The molecule has 0 aliphatic heterocycles. The zero-order valence-electron chi connectivity index (χ0n) is 28.5. The van der Waals surface area contributed by atoms with Crippen LogP contribution in [-0.2, 0) is 4.74 Å². The summed E-state index contributed by atoms with van der Waals surface area (Å²) in [6.07, 6.45) is 17.4. The largest absolute Gasteiger partial charge is 0.492 e. The highest BCUT2D eigenvalue weighted by atomic mass is 32.2. The highest BCUT2D eigenvalue weighted by Gasteiger charge is 2.13. The summed E-state index contributed by atoms with van der Waals surface area (Å²) in [7, 11) is 4.13. The summed E-state index contributed by atoms with van der Waals surface area (Å²) in [4.78, 5) is 2.13. The van der Waals surface area contributed by atoms with Crippen molar-refractivity contribution in [2.45, 2.75) is 71.3 Å². The normalized spacial score (nSPS) is 12.2. The Morgan fingerprint density at radius 3 is 1.77 bits per heavy atom. The second kappa shape index (κ2) is 21.8. The zero-order chi connectivity index (χ0) is 32.0. The van der Waals surface area contributed by atoms with Crippen molar-refractivity contribution in [3.05, 3.63) is 114 Å². The molecule has 44 heavy (non-hydrogen) atoms. The van der Waals surface area contributed by atoms with E-state index in [9.17, 15) is 0 Å². The van der Waals surface area contributed by atoms with Gasteiger partial charge in [-0.1, -0.05) is 111 Å². The molecule has 0 N–H and O–H groups in total. The highest BCUT2D eigenvalue weighted by Crippen LogP contribution is 2.34. The van der Waals surface area contributed by atoms with Crippen LogP contribution in [0, 0.1) is 0 Å². The SMILES string of the molecule is CN(C)CCOc1ccc(/C(=C(/C=C\CCCCCCCCOC(C)(C)C)c2ccccc2)c2ccccc2)cc1.CSC. The summed E-state index contributed by atoms with van der Waals surface area (Å²) in [5.41, 5.74) is 6.10. The van der Waals surface area contributed by atoms with Crippen LogP contribution in [0.2, 0.25) is 0 Å². The molecule has 0 atom stereocenters. The lowest BCUT2D eigenvalue weighted by molar-refractivity contribution is -0.00475. The Bertz CT molecular complexity index is 1200. The number of hydrogen-bond donors (Lipinski definition) is 0. The Balaban J connectivity index is 0.00000216. The van der Waals surface area contributed by atoms with Gasteiger partial charge < -0.3 is 14.4 Å². The Morgan fingerprint density at radius 1 is 0.682 bits per heavy atom. The third kappa shape index (κ3) is 15.8. The summed E-state index contributed by atoms with van der Waals surface area (Å²) < 4.78 is 11.8. The smallest absolute Gasteiger partial charge is 0.119 e. The number of nitrogens with zero attached hydrogens (tertiary/aromatic N) is 1. The fourth-order valence-corrected chi connectivity index (χ4v) is 4.74. The molecule has 0 aliphatic carbocycles. The van der Waals surface area contributed by atoms with Gasteiger partial charge in [-0.05, 0) is 107 Å². The number of rotatable bonds is 17. The maximum absolute atomic E-state index is 5.98. The standard InChI is InChI=1S/C38H51NO2.C2H6S/c1-38(2,3)41-30-19-11-9-7-6-8-10-18-24-36(32-20-14-12-15-21-32)37(33-22-16-13-17-23-33)34-25-27-35(28-26-34)40-31-29-39(4)5;1-3-2/h12-18,20-28H,6-11,19,29-31H2,1-5H3;1-2H3/b24-18-,37-36-;. The van der Waals surface area contributed by atoms with Crippen LogP contribution in [0.4, 0.5) is 0 Å². The van der Waals surface area contributed by atoms with E-state index in [2.05, 4.69) is 137 Å². The molecule has 3 aromatic rings. The number of thioether (sulfide) groups is 1. The maximum Gasteiger partial charge on any atom is 0.119 e. The first-order valence-corrected chi connectivity index (χ1v) is 17.8. The summed E-state index contributed by atoms with van der Waals surface area (Å²) in [6.45, 7) is 8.82. The van der Waals surface area contributed by atoms with E-state index in [1.54, 1.807) is 11.8 Å². The second-order valence-electron chi connectivity index (χ2n) is 12.4. The topological polar surface area (TPSA) is 21.7 Å². The van der Waals surface area contributed by atoms with Crippen LogP contribution >= 0.6 is 11.8 Å². The molecule has 240 valence electrons. The minimum Gasteiger partial charge on any atom is -0.492 e. The highest BCUT2D eigenvalue weighted by molar-refractivity contribution is 7.97. The van der Waals surface area contributed by atoms with Crippen molar-refractivity contribution < 1.29 is 9.47 Å². The molecular formula is C40H57NO2S. The van der Waals surface area contributed by atoms with Crippen molar-refractivity contribution in [1.29, 1.82) is 0 Å². The zero-order valence-corrected chi connectivity index (χ0v) is 29.3. The van der Waals surface area contributed by atoms with Gasteiger partial charge >= 0.3 is 0 Å². The summed E-state index contributed by atoms with van der Waals surface area (Å²) in [5, 5.41) is 0. The molecule has 4 heteroatoms. The number of unbranched alkanes of at least 4 members (excludes halogenated alkanes) is 6. The number of likely N-dealkylation sites (N-methyl/N-ethyl adjacent to an activating group) is 1. The predicted octanol–water partition coefficient (Wildman–Crippen LogP) is 10.7. The third-order valence-electron chi connectivity index (χ3n) is 6.95. The number of hydrogen-bond acceptors (Lipinski definition) is 4. The second-order valence-corrected chi connectivity index (χ2v) is 13.2. The fraction of sp³-hybridized carbons (Fsp3) is 0.450. The lowest BCUT2D eigenvalue weighted by Crippen LogP contribution is -2.19. The average molecular weight is 616 g/mol. The van der Waals surface area contributed by atoms with Crippen LogP contribution in [0.1, 0.15) is 82.4 Å². The number of benzene rings is 3. The van der Waals surface area contributed by atoms with Crippen molar-refractivity contribution in [2.24, 2.45) is 0 Å². The predicted molar refractivity (Wildman–Crippen MR) is 196 cm³/mol. The van der Waals surface area contributed by atoms with Crippen molar-refractivity contribution >= 4 is 22.9 Å². The minimum atomic E-state index is -0.0244. The van der Waals surface area contributed by atoms with Crippen molar-refractivity contribution in [1.82, 2.24) is 4.90 Å². The molecule has 0 bridgehead atoms. The molecule has 0 aromatic heterocycles. The van der Waals surface area contributed by atoms with E-state index < -0.39 is 0 Å². The van der Waals surface area contributed by atoms with Crippen LogP contribution < -0.4 is 4.74 Å². The first-order chi connectivity index (χ1) is 21.2. The molecule has 0 fully saturated rings. The van der Waals surface area contributed by atoms with Gasteiger partial charge in [0.2, 0.25) is 0 Å². The van der Waals surface area contributed by atoms with Crippen LogP contribution in [0.15, 0.2) is 97.1 Å². The average Bonchev–Trinajstić information content (AvgIpc) is 3.00. The summed E-state index contributed by atoms with van der Waals surface area (Å²) >= 11 is 1.75. The quantitative estimate of drug-likeness (QED) is 0.0855. The number of ether oxygens (including phenoxy) is 2. The lowest BCUT2D eigenvalue weighted by atomic mass is 9.89. The van der Waals surface area contributed by atoms with Gasteiger partial charge in [0.05, 0.1) is 5.60 Å². The number of allylic oxidation sites excluding steroid dienone is 3. The van der Waals surface area contributed by atoms with E-state index >= 15 is 0 Å². The summed E-state index contributed by atoms with van der Waals surface area (Å²) in [6, 6.07) is 30.1. The Hall–Kier alpha value is -2.79.